The second-order valence-corrected chi connectivity index (χ2v) is 13.7. The number of aliphatic hydroxyl groups is 1. The van der Waals surface area contributed by atoms with Crippen molar-refractivity contribution < 1.29 is 19.1 Å². The highest BCUT2D eigenvalue weighted by atomic mass is 28.4. The molecule has 5 nitrogen and oxygen atoms in total. The minimum absolute atomic E-state index is 0.0984. The van der Waals surface area contributed by atoms with Crippen molar-refractivity contribution in [2.45, 2.75) is 90.3 Å². The molecule has 0 aromatic carbocycles. The maximum absolute atomic E-state index is 12.4. The van der Waals surface area contributed by atoms with E-state index in [0.717, 1.165) is 12.8 Å². The number of piperidine rings is 1. The molecular weight excluding hydrogens is 310 g/mol. The Bertz CT molecular complexity index is 412. The van der Waals surface area contributed by atoms with Gasteiger partial charge in [-0.2, -0.15) is 0 Å². The third-order valence-electron chi connectivity index (χ3n) is 4.78. The maximum atomic E-state index is 12.4. The molecule has 0 bridgehead atoms. The number of carbonyl (C=O) groups excluding carboxylic acids is 1. The van der Waals surface area contributed by atoms with Crippen LogP contribution in [0.3, 0.4) is 0 Å². The molecule has 1 rings (SSSR count). The molecule has 1 amide bonds. The molecule has 0 aromatic rings. The minimum atomic E-state index is -1.95. The number of rotatable bonds is 3. The largest absolute Gasteiger partial charge is 0.444 e. The first-order valence-electron chi connectivity index (χ1n) is 8.57. The first-order chi connectivity index (χ1) is 10.3. The Morgan fingerprint density at radius 1 is 1.22 bits per heavy atom. The topological polar surface area (TPSA) is 59.0 Å². The van der Waals surface area contributed by atoms with E-state index in [1.54, 1.807) is 4.90 Å². The molecule has 0 aromatic heterocycles. The van der Waals surface area contributed by atoms with Crippen LogP contribution in [0.5, 0.6) is 0 Å². The highest BCUT2D eigenvalue weighted by Crippen LogP contribution is 2.39. The fourth-order valence-electron chi connectivity index (χ4n) is 2.48. The second-order valence-electron chi connectivity index (χ2n) is 8.98. The van der Waals surface area contributed by atoms with E-state index in [-0.39, 0.29) is 29.9 Å². The van der Waals surface area contributed by atoms with Crippen LogP contribution in [0.4, 0.5) is 4.79 Å². The van der Waals surface area contributed by atoms with E-state index in [0.29, 0.717) is 6.54 Å². The number of amides is 1. The summed E-state index contributed by atoms with van der Waals surface area (Å²) in [5.74, 6) is 0. The molecule has 23 heavy (non-hydrogen) atoms. The van der Waals surface area contributed by atoms with Gasteiger partial charge >= 0.3 is 6.09 Å². The van der Waals surface area contributed by atoms with Gasteiger partial charge in [0.25, 0.3) is 0 Å². The Balaban J connectivity index is 2.88. The van der Waals surface area contributed by atoms with Crippen molar-refractivity contribution in [2.75, 3.05) is 13.2 Å². The number of nitrogens with zero attached hydrogens (tertiary/aromatic N) is 1. The molecule has 0 aliphatic carbocycles. The highest BCUT2D eigenvalue weighted by Gasteiger charge is 2.44. The molecule has 0 radical (unpaired) electrons. The van der Waals surface area contributed by atoms with Gasteiger partial charge in [0, 0.05) is 6.54 Å². The van der Waals surface area contributed by atoms with Crippen molar-refractivity contribution in [2.24, 2.45) is 0 Å². The Labute approximate surface area is 142 Å². The van der Waals surface area contributed by atoms with Crippen molar-refractivity contribution in [3.05, 3.63) is 0 Å². The van der Waals surface area contributed by atoms with Crippen LogP contribution >= 0.6 is 0 Å². The van der Waals surface area contributed by atoms with Crippen LogP contribution in [0.2, 0.25) is 18.1 Å². The summed E-state index contributed by atoms with van der Waals surface area (Å²) >= 11 is 0. The Morgan fingerprint density at radius 2 is 1.78 bits per heavy atom. The predicted molar refractivity (Wildman–Crippen MR) is 95.1 cm³/mol. The van der Waals surface area contributed by atoms with Gasteiger partial charge in [0.1, 0.15) is 5.60 Å². The van der Waals surface area contributed by atoms with Crippen LogP contribution in [0, 0.1) is 0 Å². The lowest BCUT2D eigenvalue weighted by atomic mass is 10.00. The molecule has 1 heterocycles. The number of likely N-dealkylation sites (tertiary alicyclic amines) is 1. The fraction of sp³-hybridized carbons (Fsp3) is 0.941. The number of carbonyl (C=O) groups is 1. The summed E-state index contributed by atoms with van der Waals surface area (Å²) in [6, 6.07) is -0.326. The average molecular weight is 346 g/mol. The lowest BCUT2D eigenvalue weighted by Crippen LogP contribution is -2.58. The van der Waals surface area contributed by atoms with Crippen LogP contribution in [-0.4, -0.2) is 55.3 Å². The van der Waals surface area contributed by atoms with Gasteiger partial charge < -0.3 is 19.2 Å². The van der Waals surface area contributed by atoms with E-state index in [1.165, 1.54) is 0 Å². The fourth-order valence-corrected chi connectivity index (χ4v) is 3.86. The van der Waals surface area contributed by atoms with Crippen LogP contribution in [0.15, 0.2) is 0 Å². The van der Waals surface area contributed by atoms with E-state index in [9.17, 15) is 9.90 Å². The molecule has 1 saturated heterocycles. The summed E-state index contributed by atoms with van der Waals surface area (Å²) in [5.41, 5.74) is -0.537. The molecule has 1 N–H and O–H groups in total. The van der Waals surface area contributed by atoms with Gasteiger partial charge in [-0.25, -0.2) is 4.79 Å². The molecule has 2 atom stereocenters. The van der Waals surface area contributed by atoms with Crippen molar-refractivity contribution in [3.8, 4) is 0 Å². The molecule has 6 heteroatoms. The van der Waals surface area contributed by atoms with Gasteiger partial charge in [0.05, 0.1) is 18.8 Å². The van der Waals surface area contributed by atoms with Gasteiger partial charge in [-0.15, -0.1) is 0 Å². The van der Waals surface area contributed by atoms with Crippen LogP contribution in [0.1, 0.15) is 54.4 Å². The van der Waals surface area contributed by atoms with Gasteiger partial charge in [0.15, 0.2) is 8.32 Å². The monoisotopic (exact) mass is 345 g/mol. The number of hydrogen-bond acceptors (Lipinski definition) is 4. The molecule has 0 spiro atoms. The zero-order valence-corrected chi connectivity index (χ0v) is 17.1. The summed E-state index contributed by atoms with van der Waals surface area (Å²) in [6.45, 7) is 17.1. The van der Waals surface area contributed by atoms with Gasteiger partial charge in [-0.3, -0.25) is 0 Å². The molecule has 1 aliphatic heterocycles. The zero-order chi connectivity index (χ0) is 18.1. The number of hydrogen-bond donors (Lipinski definition) is 1. The van der Waals surface area contributed by atoms with Gasteiger partial charge in [-0.1, -0.05) is 20.8 Å². The second kappa shape index (κ2) is 7.11. The maximum Gasteiger partial charge on any atom is 0.410 e. The molecule has 136 valence electrons. The summed E-state index contributed by atoms with van der Waals surface area (Å²) < 4.78 is 12.0. The van der Waals surface area contributed by atoms with Crippen LogP contribution < -0.4 is 0 Å². The van der Waals surface area contributed by atoms with Crippen molar-refractivity contribution in [3.63, 3.8) is 0 Å². The normalized spacial score (nSPS) is 23.8. The van der Waals surface area contributed by atoms with Crippen LogP contribution in [0.25, 0.3) is 0 Å². The molecule has 1 aliphatic rings. The Hall–Kier alpha value is -0.593. The van der Waals surface area contributed by atoms with Gasteiger partial charge in [0.2, 0.25) is 0 Å². The van der Waals surface area contributed by atoms with Crippen molar-refractivity contribution in [1.29, 1.82) is 0 Å². The molecular formula is C17H35NO4Si. The zero-order valence-electron chi connectivity index (χ0n) is 16.1. The SMILES string of the molecule is CC(C)(C)OC(=O)N1CCC[C@@H](O[Si](C)(C)C(C)(C)C)[C@H]1CO. The van der Waals surface area contributed by atoms with Crippen LogP contribution in [-0.2, 0) is 9.16 Å². The Morgan fingerprint density at radius 3 is 2.22 bits per heavy atom. The van der Waals surface area contributed by atoms with E-state index in [1.807, 2.05) is 20.8 Å². The molecule has 0 unspecified atom stereocenters. The van der Waals surface area contributed by atoms with E-state index in [2.05, 4.69) is 33.9 Å². The average Bonchev–Trinajstić information content (AvgIpc) is 2.34. The third kappa shape index (κ3) is 5.47. The first kappa shape index (κ1) is 20.5. The predicted octanol–water partition coefficient (Wildman–Crippen LogP) is 3.77. The third-order valence-corrected chi connectivity index (χ3v) is 9.29. The Kier molecular flexibility index (Phi) is 6.32. The smallest absolute Gasteiger partial charge is 0.410 e. The lowest BCUT2D eigenvalue weighted by molar-refractivity contribution is -0.0332. The minimum Gasteiger partial charge on any atom is -0.444 e. The summed E-state index contributed by atoms with van der Waals surface area (Å²) in [6.07, 6.45) is 1.26. The quantitative estimate of drug-likeness (QED) is 0.791. The first-order valence-corrected chi connectivity index (χ1v) is 11.5. The van der Waals surface area contributed by atoms with E-state index >= 15 is 0 Å². The highest BCUT2D eigenvalue weighted by molar-refractivity contribution is 6.74. The number of aliphatic hydroxyl groups excluding tert-OH is 1. The molecule has 0 saturated carbocycles. The van der Waals surface area contributed by atoms with Crippen molar-refractivity contribution >= 4 is 14.4 Å². The molecule has 1 fully saturated rings. The number of ether oxygens (including phenoxy) is 1. The lowest BCUT2D eigenvalue weighted by Gasteiger charge is -2.46. The summed E-state index contributed by atoms with van der Waals surface area (Å²) in [5, 5.41) is 9.96. The van der Waals surface area contributed by atoms with E-state index in [4.69, 9.17) is 9.16 Å². The summed E-state index contributed by atoms with van der Waals surface area (Å²) in [4.78, 5) is 14.1. The van der Waals surface area contributed by atoms with Gasteiger partial charge in [-0.05, 0) is 51.7 Å². The van der Waals surface area contributed by atoms with Crippen molar-refractivity contribution in [1.82, 2.24) is 4.90 Å². The van der Waals surface area contributed by atoms with E-state index < -0.39 is 13.9 Å². The summed E-state index contributed by atoms with van der Waals surface area (Å²) in [7, 11) is -1.95. The standard InChI is InChI=1S/C17H35NO4Si/c1-16(2,3)21-15(20)18-11-9-10-14(13(18)12-19)22-23(7,8)17(4,5)6/h13-14,19H,9-12H2,1-8H3/t13-,14-/m1/s1.